The molecular formula is C29H42O3. The number of ether oxygens (including phenoxy) is 1. The van der Waals surface area contributed by atoms with Gasteiger partial charge >= 0.3 is 5.97 Å². The third kappa shape index (κ3) is 8.90. The molecule has 3 heteroatoms. The summed E-state index contributed by atoms with van der Waals surface area (Å²) in [7, 11) is 0. The summed E-state index contributed by atoms with van der Waals surface area (Å²) in [6.45, 7) is 21.9. The van der Waals surface area contributed by atoms with Gasteiger partial charge in [0.25, 0.3) is 0 Å². The van der Waals surface area contributed by atoms with Crippen LogP contribution in [-0.4, -0.2) is 17.7 Å². The Balaban J connectivity index is 3.43. The molecule has 0 bridgehead atoms. The molecule has 0 fully saturated rings. The first-order valence-corrected chi connectivity index (χ1v) is 11.4. The van der Waals surface area contributed by atoms with Crippen molar-refractivity contribution in [2.75, 3.05) is 6.61 Å². The second kappa shape index (κ2) is 11.9. The number of hydrogen-bond acceptors (Lipinski definition) is 2. The molecule has 1 aromatic rings. The molecule has 0 aliphatic heterocycles. The lowest BCUT2D eigenvalue weighted by Gasteiger charge is -2.31. The van der Waals surface area contributed by atoms with Gasteiger partial charge in [-0.1, -0.05) is 77.5 Å². The first kappa shape index (κ1) is 27.5. The van der Waals surface area contributed by atoms with Gasteiger partial charge in [0, 0.05) is 11.1 Å². The average molecular weight is 439 g/mol. The van der Waals surface area contributed by atoms with Crippen LogP contribution in [-0.2, 0) is 15.6 Å². The van der Waals surface area contributed by atoms with E-state index in [4.69, 9.17) is 9.84 Å². The number of hydrogen-bond donors (Lipinski definition) is 1. The summed E-state index contributed by atoms with van der Waals surface area (Å²) >= 11 is 0. The molecule has 1 rings (SSSR count). The van der Waals surface area contributed by atoms with Crippen molar-refractivity contribution >= 4 is 11.5 Å². The lowest BCUT2D eigenvalue weighted by molar-refractivity contribution is -0.136. The van der Waals surface area contributed by atoms with Crippen molar-refractivity contribution in [2.24, 2.45) is 0 Å². The highest BCUT2D eigenvalue weighted by Crippen LogP contribution is 2.42. The number of carboxylic acid groups (broad SMARTS) is 1. The van der Waals surface area contributed by atoms with Gasteiger partial charge in [0.2, 0.25) is 0 Å². The molecule has 0 amide bonds. The van der Waals surface area contributed by atoms with Crippen molar-refractivity contribution in [2.45, 2.75) is 85.5 Å². The van der Waals surface area contributed by atoms with E-state index < -0.39 is 5.97 Å². The van der Waals surface area contributed by atoms with Crippen LogP contribution in [0.3, 0.4) is 0 Å². The first-order chi connectivity index (χ1) is 14.8. The number of carboxylic acids is 1. The van der Waals surface area contributed by atoms with Crippen molar-refractivity contribution in [3.05, 3.63) is 71.4 Å². The predicted molar refractivity (Wildman–Crippen MR) is 138 cm³/mol. The van der Waals surface area contributed by atoms with E-state index in [1.807, 2.05) is 25.2 Å². The Labute approximate surface area is 195 Å². The van der Waals surface area contributed by atoms with Crippen LogP contribution in [0.4, 0.5) is 0 Å². The fraction of sp³-hybridized carbons (Fsp3) is 0.483. The molecule has 176 valence electrons. The molecule has 0 saturated carbocycles. The van der Waals surface area contributed by atoms with E-state index in [1.54, 1.807) is 6.08 Å². The van der Waals surface area contributed by atoms with Gasteiger partial charge in [0.1, 0.15) is 5.75 Å². The first-order valence-electron chi connectivity index (χ1n) is 11.4. The monoisotopic (exact) mass is 438 g/mol. The van der Waals surface area contributed by atoms with Crippen LogP contribution < -0.4 is 4.74 Å². The Bertz CT molecular complexity index is 849. The van der Waals surface area contributed by atoms with Gasteiger partial charge in [0.05, 0.1) is 13.0 Å². The maximum absolute atomic E-state index is 10.7. The number of unbranched alkanes of at least 4 members (excludes halogenated alkanes) is 1. The summed E-state index contributed by atoms with van der Waals surface area (Å²) in [4.78, 5) is 10.7. The predicted octanol–water partition coefficient (Wildman–Crippen LogP) is 8.01. The van der Waals surface area contributed by atoms with E-state index in [0.29, 0.717) is 6.61 Å². The lowest BCUT2D eigenvalue weighted by Crippen LogP contribution is -2.20. The van der Waals surface area contributed by atoms with Crippen LogP contribution in [0.15, 0.2) is 54.7 Å². The third-order valence-corrected chi connectivity index (χ3v) is 5.26. The van der Waals surface area contributed by atoms with Crippen molar-refractivity contribution in [1.82, 2.24) is 0 Å². The zero-order valence-corrected chi connectivity index (χ0v) is 21.3. The maximum Gasteiger partial charge on any atom is 0.307 e. The number of allylic oxidation sites excluding steroid dienone is 6. The minimum Gasteiger partial charge on any atom is -0.493 e. The van der Waals surface area contributed by atoms with Gasteiger partial charge in [-0.25, -0.2) is 0 Å². The Morgan fingerprint density at radius 1 is 1.06 bits per heavy atom. The molecule has 1 aromatic carbocycles. The van der Waals surface area contributed by atoms with E-state index in [-0.39, 0.29) is 17.3 Å². The van der Waals surface area contributed by atoms with Gasteiger partial charge in [-0.3, -0.25) is 4.79 Å². The fourth-order valence-electron chi connectivity index (χ4n) is 3.28. The highest BCUT2D eigenvalue weighted by atomic mass is 16.5. The van der Waals surface area contributed by atoms with E-state index >= 15 is 0 Å². The molecule has 32 heavy (non-hydrogen) atoms. The number of carbonyl (C=O) groups is 1. The van der Waals surface area contributed by atoms with Gasteiger partial charge in [-0.2, -0.15) is 0 Å². The molecular weight excluding hydrogens is 396 g/mol. The van der Waals surface area contributed by atoms with Crippen molar-refractivity contribution in [3.8, 4) is 5.75 Å². The summed E-state index contributed by atoms with van der Waals surface area (Å²) in [6, 6.07) is 4.51. The molecule has 0 spiro atoms. The van der Waals surface area contributed by atoms with Gasteiger partial charge in [-0.15, -0.1) is 6.58 Å². The lowest BCUT2D eigenvalue weighted by atomic mass is 9.77. The smallest absolute Gasteiger partial charge is 0.307 e. The zero-order valence-electron chi connectivity index (χ0n) is 21.3. The Kier molecular flexibility index (Phi) is 10.2. The molecule has 0 aliphatic rings. The van der Waals surface area contributed by atoms with Crippen molar-refractivity contribution in [3.63, 3.8) is 0 Å². The maximum atomic E-state index is 10.7. The number of benzene rings is 1. The van der Waals surface area contributed by atoms with Gasteiger partial charge in [0.15, 0.2) is 0 Å². The highest BCUT2D eigenvalue weighted by molar-refractivity contribution is 5.70. The summed E-state index contributed by atoms with van der Waals surface area (Å²) in [5.74, 6) is 0.189. The second-order valence-corrected chi connectivity index (χ2v) is 10.4. The van der Waals surface area contributed by atoms with E-state index in [2.05, 4.69) is 73.3 Å². The Hall–Kier alpha value is -2.55. The van der Waals surface area contributed by atoms with E-state index in [1.165, 1.54) is 16.7 Å². The average Bonchev–Trinajstić information content (AvgIpc) is 2.67. The molecule has 0 aliphatic carbocycles. The fourth-order valence-corrected chi connectivity index (χ4v) is 3.28. The Morgan fingerprint density at radius 2 is 1.62 bits per heavy atom. The second-order valence-electron chi connectivity index (χ2n) is 10.4. The minimum absolute atomic E-state index is 0.0387. The summed E-state index contributed by atoms with van der Waals surface area (Å²) in [5.41, 5.74) is 5.58. The van der Waals surface area contributed by atoms with Crippen LogP contribution in [0.5, 0.6) is 5.75 Å². The standard InChI is InChI=1S/C29H42O3/c1-10-11-12-18-32-27-24(28(4,5)6)19-23(20-25(27)29(7,8)9)22(3)15-13-14-21(2)16-17-26(30)31/h10,13-16,19-20H,1,11-12,17-18H2,2-9H3,(H,30,31)/b14-13+,21-16+,22-15-. The molecule has 0 radical (unpaired) electrons. The summed E-state index contributed by atoms with van der Waals surface area (Å²) in [5, 5.41) is 8.82. The van der Waals surface area contributed by atoms with Crippen LogP contribution in [0.1, 0.15) is 91.3 Å². The quantitative estimate of drug-likeness (QED) is 0.229. The van der Waals surface area contributed by atoms with Crippen LogP contribution in [0, 0.1) is 0 Å². The number of aliphatic carboxylic acids is 1. The van der Waals surface area contributed by atoms with Gasteiger partial charge in [-0.05, 0) is 60.8 Å². The number of rotatable bonds is 10. The molecule has 0 atom stereocenters. The molecule has 0 aromatic heterocycles. The van der Waals surface area contributed by atoms with Crippen LogP contribution >= 0.6 is 0 Å². The van der Waals surface area contributed by atoms with Crippen molar-refractivity contribution in [1.29, 1.82) is 0 Å². The Morgan fingerprint density at radius 3 is 2.09 bits per heavy atom. The summed E-state index contributed by atoms with van der Waals surface area (Å²) < 4.78 is 6.38. The molecule has 3 nitrogen and oxygen atoms in total. The molecule has 0 heterocycles. The zero-order chi connectivity index (χ0) is 24.5. The SMILES string of the molecule is C=CCCCOc1c(C(C)(C)C)cc(\C(C)=C/C=C/C(C)=C/CC(=O)O)cc1C(C)(C)C. The summed E-state index contributed by atoms with van der Waals surface area (Å²) in [6.07, 6.45) is 11.6. The molecule has 1 N–H and O–H groups in total. The van der Waals surface area contributed by atoms with Gasteiger partial charge < -0.3 is 9.84 Å². The van der Waals surface area contributed by atoms with Crippen LogP contribution in [0.2, 0.25) is 0 Å². The van der Waals surface area contributed by atoms with E-state index in [0.717, 1.165) is 29.7 Å². The molecule has 0 saturated heterocycles. The highest BCUT2D eigenvalue weighted by Gasteiger charge is 2.28. The van der Waals surface area contributed by atoms with E-state index in [9.17, 15) is 4.79 Å². The van der Waals surface area contributed by atoms with Crippen LogP contribution in [0.25, 0.3) is 5.57 Å². The largest absolute Gasteiger partial charge is 0.493 e. The normalized spacial score (nSPS) is 13.5. The molecule has 0 unspecified atom stereocenters. The van der Waals surface area contributed by atoms with Crippen molar-refractivity contribution < 1.29 is 14.6 Å². The topological polar surface area (TPSA) is 46.5 Å². The minimum atomic E-state index is -0.819. The third-order valence-electron chi connectivity index (χ3n) is 5.26.